The second kappa shape index (κ2) is 11.3. The summed E-state index contributed by atoms with van der Waals surface area (Å²) in [7, 11) is 1.57. The van der Waals surface area contributed by atoms with Crippen molar-refractivity contribution < 1.29 is 9.53 Å². The van der Waals surface area contributed by atoms with Gasteiger partial charge in [0.1, 0.15) is 11.6 Å². The fourth-order valence-corrected chi connectivity index (χ4v) is 4.42. The van der Waals surface area contributed by atoms with Crippen LogP contribution in [0, 0.1) is 12.8 Å². The molecule has 1 heterocycles. The van der Waals surface area contributed by atoms with Crippen molar-refractivity contribution in [2.75, 3.05) is 19.0 Å². The van der Waals surface area contributed by atoms with E-state index < -0.39 is 6.04 Å². The summed E-state index contributed by atoms with van der Waals surface area (Å²) < 4.78 is 7.09. The van der Waals surface area contributed by atoms with E-state index in [1.54, 1.807) is 34.8 Å². The Hall–Kier alpha value is -4.13. The van der Waals surface area contributed by atoms with Crippen LogP contribution >= 0.6 is 0 Å². The second-order valence-corrected chi connectivity index (χ2v) is 9.60. The van der Waals surface area contributed by atoms with Crippen LogP contribution < -0.4 is 15.6 Å². The number of nitrogens with zero attached hydrogens (tertiary/aromatic N) is 3. The third kappa shape index (κ3) is 5.50. The fourth-order valence-electron chi connectivity index (χ4n) is 4.42. The minimum Gasteiger partial charge on any atom is -0.495 e. The normalized spacial score (nSPS) is 11.9. The van der Waals surface area contributed by atoms with Crippen molar-refractivity contribution in [3.63, 3.8) is 0 Å². The first-order chi connectivity index (χ1) is 17.8. The van der Waals surface area contributed by atoms with Crippen molar-refractivity contribution in [2.45, 2.75) is 40.2 Å². The molecular weight excluding hydrogens is 464 g/mol. The first-order valence-corrected chi connectivity index (χ1v) is 12.6. The van der Waals surface area contributed by atoms with E-state index in [0.29, 0.717) is 40.6 Å². The SMILES string of the molecule is COc1ccccc1NC(=O)N(CCC(C)C)C(C)c1nc2ccccc2c(=O)n1-c1ccccc1C. The maximum Gasteiger partial charge on any atom is 0.322 e. The van der Waals surface area contributed by atoms with Gasteiger partial charge in [-0.1, -0.05) is 56.3 Å². The van der Waals surface area contributed by atoms with Gasteiger partial charge in [-0.3, -0.25) is 9.36 Å². The number of amides is 2. The quantitative estimate of drug-likeness (QED) is 0.307. The van der Waals surface area contributed by atoms with E-state index in [1.165, 1.54) is 0 Å². The molecule has 3 aromatic carbocycles. The molecule has 7 heteroatoms. The Morgan fingerprint density at radius 1 is 1.00 bits per heavy atom. The van der Waals surface area contributed by atoms with Gasteiger partial charge in [-0.15, -0.1) is 0 Å². The van der Waals surface area contributed by atoms with E-state index in [1.807, 2.05) is 68.4 Å². The number of para-hydroxylation sites is 4. The minimum atomic E-state index is -0.495. The standard InChI is InChI=1S/C30H34N4O3/c1-20(2)18-19-33(30(36)32-25-15-9-11-17-27(25)37-5)22(4)28-31-24-14-8-7-13-23(24)29(35)34(28)26-16-10-6-12-21(26)3/h6-17,20,22H,18-19H2,1-5H3,(H,32,36). The minimum absolute atomic E-state index is 0.157. The summed E-state index contributed by atoms with van der Waals surface area (Å²) >= 11 is 0. The molecule has 1 aromatic heterocycles. The van der Waals surface area contributed by atoms with Crippen LogP contribution in [0.15, 0.2) is 77.6 Å². The molecule has 0 aliphatic heterocycles. The molecule has 0 saturated carbocycles. The number of aromatic nitrogens is 2. The van der Waals surface area contributed by atoms with Crippen LogP contribution in [0.25, 0.3) is 16.6 Å². The highest BCUT2D eigenvalue weighted by atomic mass is 16.5. The second-order valence-electron chi connectivity index (χ2n) is 9.60. The summed E-state index contributed by atoms with van der Waals surface area (Å²) in [4.78, 5) is 34.2. The van der Waals surface area contributed by atoms with Gasteiger partial charge in [-0.2, -0.15) is 0 Å². The van der Waals surface area contributed by atoms with Gasteiger partial charge in [0.25, 0.3) is 5.56 Å². The molecule has 0 spiro atoms. The van der Waals surface area contributed by atoms with Gasteiger partial charge in [-0.05, 0) is 62.1 Å². The van der Waals surface area contributed by atoms with E-state index in [9.17, 15) is 9.59 Å². The highest BCUT2D eigenvalue weighted by Gasteiger charge is 2.28. The van der Waals surface area contributed by atoms with E-state index in [-0.39, 0.29) is 11.6 Å². The summed E-state index contributed by atoms with van der Waals surface area (Å²) in [5.41, 5.74) is 2.73. The van der Waals surface area contributed by atoms with E-state index in [4.69, 9.17) is 9.72 Å². The monoisotopic (exact) mass is 498 g/mol. The molecule has 4 rings (SSSR count). The number of carbonyl (C=O) groups excluding carboxylic acids is 1. The number of rotatable bonds is 8. The van der Waals surface area contributed by atoms with Crippen LogP contribution in [0.1, 0.15) is 44.6 Å². The highest BCUT2D eigenvalue weighted by molar-refractivity contribution is 5.91. The number of anilines is 1. The molecule has 2 amide bonds. The van der Waals surface area contributed by atoms with Crippen LogP contribution in [-0.4, -0.2) is 34.1 Å². The van der Waals surface area contributed by atoms with E-state index in [2.05, 4.69) is 19.2 Å². The van der Waals surface area contributed by atoms with Crippen molar-refractivity contribution in [3.8, 4) is 11.4 Å². The molecule has 0 saturated heterocycles. The Kier molecular flexibility index (Phi) is 7.92. The van der Waals surface area contributed by atoms with Gasteiger partial charge in [-0.25, -0.2) is 9.78 Å². The molecule has 0 radical (unpaired) electrons. The molecule has 37 heavy (non-hydrogen) atoms. The summed E-state index contributed by atoms with van der Waals surface area (Å²) in [6.07, 6.45) is 0.797. The zero-order chi connectivity index (χ0) is 26.5. The molecule has 7 nitrogen and oxygen atoms in total. The topological polar surface area (TPSA) is 76.5 Å². The average Bonchev–Trinajstić information content (AvgIpc) is 2.89. The molecular formula is C30H34N4O3. The molecule has 4 aromatic rings. The Morgan fingerprint density at radius 3 is 2.41 bits per heavy atom. The number of methoxy groups -OCH3 is 1. The van der Waals surface area contributed by atoms with Crippen molar-refractivity contribution in [1.29, 1.82) is 0 Å². The van der Waals surface area contributed by atoms with Gasteiger partial charge in [0, 0.05) is 6.54 Å². The van der Waals surface area contributed by atoms with Crippen molar-refractivity contribution in [2.24, 2.45) is 5.92 Å². The molecule has 0 bridgehead atoms. The van der Waals surface area contributed by atoms with Crippen molar-refractivity contribution >= 4 is 22.6 Å². The number of ether oxygens (including phenoxy) is 1. The van der Waals surface area contributed by atoms with Crippen LogP contribution in [-0.2, 0) is 0 Å². The lowest BCUT2D eigenvalue weighted by molar-refractivity contribution is 0.185. The molecule has 1 atom stereocenters. The van der Waals surface area contributed by atoms with E-state index >= 15 is 0 Å². The van der Waals surface area contributed by atoms with Gasteiger partial charge in [0.15, 0.2) is 0 Å². The largest absolute Gasteiger partial charge is 0.495 e. The maximum atomic E-state index is 13.8. The summed E-state index contributed by atoms with van der Waals surface area (Å²) in [5, 5.41) is 3.54. The van der Waals surface area contributed by atoms with Crippen LogP contribution in [0.4, 0.5) is 10.5 Å². The molecule has 0 aliphatic rings. The smallest absolute Gasteiger partial charge is 0.322 e. The first kappa shape index (κ1) is 25.9. The molecule has 1 N–H and O–H groups in total. The van der Waals surface area contributed by atoms with Crippen molar-refractivity contribution in [1.82, 2.24) is 14.5 Å². The molecule has 1 unspecified atom stereocenters. The zero-order valence-electron chi connectivity index (χ0n) is 22.1. The predicted octanol–water partition coefficient (Wildman–Crippen LogP) is 6.34. The molecule has 192 valence electrons. The number of aryl methyl sites for hydroxylation is 1. The van der Waals surface area contributed by atoms with Gasteiger partial charge in [0.05, 0.1) is 35.4 Å². The third-order valence-corrected chi connectivity index (χ3v) is 6.56. The Morgan fingerprint density at radius 2 is 1.68 bits per heavy atom. The Labute approximate surface area is 217 Å². The predicted molar refractivity (Wildman–Crippen MR) is 149 cm³/mol. The zero-order valence-corrected chi connectivity index (χ0v) is 22.1. The van der Waals surface area contributed by atoms with E-state index in [0.717, 1.165) is 17.7 Å². The number of fused-ring (bicyclic) bond motifs is 1. The highest BCUT2D eigenvalue weighted by Crippen LogP contribution is 2.28. The first-order valence-electron chi connectivity index (χ1n) is 12.6. The molecule has 0 aliphatic carbocycles. The number of urea groups is 1. The number of hydrogen-bond donors (Lipinski definition) is 1. The summed E-state index contributed by atoms with van der Waals surface area (Å²) in [5.74, 6) is 1.47. The summed E-state index contributed by atoms with van der Waals surface area (Å²) in [6, 6.07) is 21.6. The number of hydrogen-bond acceptors (Lipinski definition) is 4. The van der Waals surface area contributed by atoms with Gasteiger partial charge >= 0.3 is 6.03 Å². The molecule has 0 fully saturated rings. The number of nitrogens with one attached hydrogen (secondary N) is 1. The fraction of sp³-hybridized carbons (Fsp3) is 0.300. The van der Waals surface area contributed by atoms with Crippen LogP contribution in [0.3, 0.4) is 0 Å². The Balaban J connectivity index is 1.85. The van der Waals surface area contributed by atoms with Crippen LogP contribution in [0.2, 0.25) is 0 Å². The third-order valence-electron chi connectivity index (χ3n) is 6.56. The van der Waals surface area contributed by atoms with Gasteiger partial charge < -0.3 is 15.0 Å². The number of benzene rings is 3. The lowest BCUT2D eigenvalue weighted by atomic mass is 10.1. The van der Waals surface area contributed by atoms with Crippen molar-refractivity contribution in [3.05, 3.63) is 94.5 Å². The number of carbonyl (C=O) groups is 1. The summed E-state index contributed by atoms with van der Waals surface area (Å²) in [6.45, 7) is 8.64. The average molecular weight is 499 g/mol. The van der Waals surface area contributed by atoms with Crippen LogP contribution in [0.5, 0.6) is 5.75 Å². The Bertz CT molecular complexity index is 1460. The van der Waals surface area contributed by atoms with Gasteiger partial charge in [0.2, 0.25) is 0 Å². The lowest BCUT2D eigenvalue weighted by Gasteiger charge is -2.31. The lowest BCUT2D eigenvalue weighted by Crippen LogP contribution is -2.41. The maximum absolute atomic E-state index is 13.8.